The van der Waals surface area contributed by atoms with E-state index in [1.54, 1.807) is 0 Å². The first kappa shape index (κ1) is 12.6. The largest absolute Gasteiger partial charge is 0.573 e. The molecule has 9 heteroatoms. The highest BCUT2D eigenvalue weighted by molar-refractivity contribution is 7.84. The highest BCUT2D eigenvalue weighted by atomic mass is 32.2. The lowest BCUT2D eigenvalue weighted by molar-refractivity contribution is -0.274. The van der Waals surface area contributed by atoms with Gasteiger partial charge in [0.05, 0.1) is 0 Å². The predicted octanol–water partition coefficient (Wildman–Crippen LogP) is 1.17. The summed E-state index contributed by atoms with van der Waals surface area (Å²) in [7, 11) is -4.40. The minimum atomic E-state index is -4.95. The summed E-state index contributed by atoms with van der Waals surface area (Å²) in [5, 5.41) is 4.51. The molecule has 1 aromatic rings. The maximum Gasteiger partial charge on any atom is 0.573 e. The van der Waals surface area contributed by atoms with Gasteiger partial charge >= 0.3 is 16.7 Å². The molecule has 0 heterocycles. The zero-order valence-corrected chi connectivity index (χ0v) is 8.38. The van der Waals surface area contributed by atoms with Crippen molar-refractivity contribution in [2.75, 3.05) is 0 Å². The number of halogens is 3. The number of para-hydroxylation sites is 2. The normalized spacial score (nSPS) is 12.2. The molecule has 2 N–H and O–H groups in total. The summed E-state index contributed by atoms with van der Waals surface area (Å²) in [6, 6.07) is 4.36. The van der Waals surface area contributed by atoms with Crippen molar-refractivity contribution in [3.8, 4) is 11.5 Å². The molecule has 0 aliphatic carbocycles. The Morgan fingerprint density at radius 2 is 1.62 bits per heavy atom. The van der Waals surface area contributed by atoms with Gasteiger partial charge in [0.1, 0.15) is 0 Å². The van der Waals surface area contributed by atoms with Crippen LogP contribution in [0, 0.1) is 0 Å². The number of ether oxygens (including phenoxy) is 1. The fraction of sp³-hybridized carbons (Fsp3) is 0.143. The van der Waals surface area contributed by atoms with Crippen molar-refractivity contribution in [3.63, 3.8) is 0 Å². The van der Waals surface area contributed by atoms with Crippen LogP contribution in [0.2, 0.25) is 0 Å². The van der Waals surface area contributed by atoms with E-state index >= 15 is 0 Å². The lowest BCUT2D eigenvalue weighted by Gasteiger charge is -2.12. The van der Waals surface area contributed by atoms with Crippen molar-refractivity contribution in [1.29, 1.82) is 0 Å². The Morgan fingerprint density at radius 1 is 1.12 bits per heavy atom. The van der Waals surface area contributed by atoms with E-state index in [0.717, 1.165) is 12.1 Å². The van der Waals surface area contributed by atoms with Gasteiger partial charge in [-0.25, -0.2) is 0 Å². The minimum absolute atomic E-state index is 0.637. The van der Waals surface area contributed by atoms with Gasteiger partial charge in [0.2, 0.25) is 0 Å². The topological polar surface area (TPSA) is 78.6 Å². The van der Waals surface area contributed by atoms with E-state index in [2.05, 4.69) is 14.1 Å². The van der Waals surface area contributed by atoms with E-state index < -0.39 is 28.2 Å². The molecule has 5 nitrogen and oxygen atoms in total. The average molecular weight is 257 g/mol. The molecular formula is C7H6F3NO4S. The van der Waals surface area contributed by atoms with Crippen LogP contribution in [0.4, 0.5) is 13.2 Å². The summed E-state index contributed by atoms with van der Waals surface area (Å²) < 4.78 is 64.4. The first-order valence-corrected chi connectivity index (χ1v) is 5.21. The minimum Gasteiger partial charge on any atom is -0.402 e. The van der Waals surface area contributed by atoms with E-state index in [9.17, 15) is 21.6 Å². The van der Waals surface area contributed by atoms with Crippen LogP contribution in [0.3, 0.4) is 0 Å². The van der Waals surface area contributed by atoms with E-state index in [4.69, 9.17) is 0 Å². The maximum absolute atomic E-state index is 11.9. The zero-order chi connectivity index (χ0) is 12.4. The van der Waals surface area contributed by atoms with Crippen LogP contribution in [-0.2, 0) is 10.3 Å². The monoisotopic (exact) mass is 257 g/mol. The van der Waals surface area contributed by atoms with Gasteiger partial charge in [-0.05, 0) is 12.1 Å². The lowest BCUT2D eigenvalue weighted by Crippen LogP contribution is -2.21. The van der Waals surface area contributed by atoms with E-state index in [0.29, 0.717) is 0 Å². The zero-order valence-electron chi connectivity index (χ0n) is 7.56. The quantitative estimate of drug-likeness (QED) is 0.881. The molecule has 0 radical (unpaired) electrons. The lowest BCUT2D eigenvalue weighted by atomic mass is 10.3. The van der Waals surface area contributed by atoms with Crippen LogP contribution < -0.4 is 14.1 Å². The van der Waals surface area contributed by atoms with Gasteiger partial charge in [0.15, 0.2) is 11.5 Å². The number of hydrogen-bond donors (Lipinski definition) is 1. The molecule has 0 unspecified atom stereocenters. The van der Waals surface area contributed by atoms with Crippen molar-refractivity contribution in [1.82, 2.24) is 0 Å². The highest BCUT2D eigenvalue weighted by Crippen LogP contribution is 2.32. The molecule has 0 fully saturated rings. The van der Waals surface area contributed by atoms with Crippen LogP contribution in [-0.4, -0.2) is 14.8 Å². The molecule has 0 aromatic heterocycles. The van der Waals surface area contributed by atoms with Gasteiger partial charge in [0, 0.05) is 0 Å². The van der Waals surface area contributed by atoms with Crippen molar-refractivity contribution < 1.29 is 30.5 Å². The number of alkyl halides is 3. The fourth-order valence-corrected chi connectivity index (χ4v) is 1.24. The predicted molar refractivity (Wildman–Crippen MR) is 46.9 cm³/mol. The SMILES string of the molecule is NS(=O)(=O)Oc1ccccc1OC(F)(F)F. The first-order valence-electron chi connectivity index (χ1n) is 3.74. The van der Waals surface area contributed by atoms with Gasteiger partial charge in [-0.3, -0.25) is 0 Å². The Morgan fingerprint density at radius 3 is 2.06 bits per heavy atom. The third kappa shape index (κ3) is 4.36. The molecule has 1 rings (SSSR count). The smallest absolute Gasteiger partial charge is 0.402 e. The molecular weight excluding hydrogens is 251 g/mol. The maximum atomic E-state index is 11.9. The fourth-order valence-electron chi connectivity index (χ4n) is 0.853. The molecule has 0 aliphatic heterocycles. The number of benzene rings is 1. The van der Waals surface area contributed by atoms with Gasteiger partial charge in [-0.1, -0.05) is 12.1 Å². The summed E-state index contributed by atoms with van der Waals surface area (Å²) in [6.45, 7) is 0. The van der Waals surface area contributed by atoms with E-state index in [1.165, 1.54) is 12.1 Å². The van der Waals surface area contributed by atoms with Crippen LogP contribution in [0.15, 0.2) is 24.3 Å². The Bertz CT molecular complexity index is 471. The third-order valence-corrected chi connectivity index (χ3v) is 1.69. The Balaban J connectivity index is 3.01. The van der Waals surface area contributed by atoms with Crippen LogP contribution >= 0.6 is 0 Å². The average Bonchev–Trinajstić information content (AvgIpc) is 2.03. The molecule has 1 aromatic carbocycles. The molecule has 0 aliphatic rings. The van der Waals surface area contributed by atoms with Gasteiger partial charge < -0.3 is 8.92 Å². The van der Waals surface area contributed by atoms with Crippen molar-refractivity contribution in [2.45, 2.75) is 6.36 Å². The van der Waals surface area contributed by atoms with Crippen LogP contribution in [0.1, 0.15) is 0 Å². The second-order valence-corrected chi connectivity index (χ2v) is 3.72. The molecule has 0 spiro atoms. The molecule has 16 heavy (non-hydrogen) atoms. The van der Waals surface area contributed by atoms with Gasteiger partial charge in [0.25, 0.3) is 0 Å². The second kappa shape index (κ2) is 4.18. The standard InChI is InChI=1S/C7H6F3NO4S/c8-7(9,10)14-5-3-1-2-4-6(5)15-16(11,12)13/h1-4H,(H2,11,12,13). The molecule has 0 amide bonds. The molecule has 0 bridgehead atoms. The van der Waals surface area contributed by atoms with Crippen molar-refractivity contribution >= 4 is 10.3 Å². The Labute approximate surface area is 88.8 Å². The number of rotatable bonds is 3. The summed E-state index contributed by atoms with van der Waals surface area (Å²) >= 11 is 0. The van der Waals surface area contributed by atoms with Crippen LogP contribution in [0.5, 0.6) is 11.5 Å². The molecule has 0 atom stereocenters. The van der Waals surface area contributed by atoms with Gasteiger partial charge in [-0.15, -0.1) is 13.2 Å². The van der Waals surface area contributed by atoms with E-state index in [1.807, 2.05) is 0 Å². The van der Waals surface area contributed by atoms with Crippen LogP contribution in [0.25, 0.3) is 0 Å². The van der Waals surface area contributed by atoms with Crippen molar-refractivity contribution in [3.05, 3.63) is 24.3 Å². The summed E-state index contributed by atoms with van der Waals surface area (Å²) in [6.07, 6.45) is -4.95. The summed E-state index contributed by atoms with van der Waals surface area (Å²) in [4.78, 5) is 0. The molecule has 0 saturated heterocycles. The highest BCUT2D eigenvalue weighted by Gasteiger charge is 2.32. The van der Waals surface area contributed by atoms with Crippen molar-refractivity contribution in [2.24, 2.45) is 5.14 Å². The number of nitrogens with two attached hydrogens (primary N) is 1. The number of hydrogen-bond acceptors (Lipinski definition) is 4. The Hall–Kier alpha value is -1.48. The third-order valence-electron chi connectivity index (χ3n) is 1.28. The van der Waals surface area contributed by atoms with Gasteiger partial charge in [-0.2, -0.15) is 13.6 Å². The summed E-state index contributed by atoms with van der Waals surface area (Å²) in [5.41, 5.74) is 0. The Kier molecular flexibility index (Phi) is 3.29. The second-order valence-electron chi connectivity index (χ2n) is 2.57. The summed E-state index contributed by atoms with van der Waals surface area (Å²) in [5.74, 6) is -1.42. The van der Waals surface area contributed by atoms with E-state index in [-0.39, 0.29) is 0 Å². The first-order chi connectivity index (χ1) is 7.17. The molecule has 90 valence electrons. The molecule has 0 saturated carbocycles.